The van der Waals surface area contributed by atoms with Crippen molar-refractivity contribution in [3.8, 4) is 0 Å². The Bertz CT molecular complexity index is 1040. The van der Waals surface area contributed by atoms with Gasteiger partial charge in [0.1, 0.15) is 0 Å². The molecule has 4 rings (SSSR count). The SMILES string of the molecule is CN(C(=O)CCc1nc(CN2CCN(C(=O)c3cccc([N+](=O)[O-])c3)CC2)no1)C1CCCCC1. The number of aryl methyl sites for hydroxylation is 1. The van der Waals surface area contributed by atoms with Crippen molar-refractivity contribution in [2.75, 3.05) is 33.2 Å². The molecule has 0 N–H and O–H groups in total. The fourth-order valence-corrected chi connectivity index (χ4v) is 4.76. The number of rotatable bonds is 8. The van der Waals surface area contributed by atoms with Gasteiger partial charge in [-0.25, -0.2) is 0 Å². The summed E-state index contributed by atoms with van der Waals surface area (Å²) < 4.78 is 5.35. The normalized spacial score (nSPS) is 17.3. The number of benzene rings is 1. The average molecular weight is 485 g/mol. The van der Waals surface area contributed by atoms with E-state index in [9.17, 15) is 19.7 Å². The molecule has 2 aliphatic rings. The number of hydrogen-bond donors (Lipinski definition) is 0. The highest BCUT2D eigenvalue weighted by Crippen LogP contribution is 2.22. The molecule has 1 aromatic heterocycles. The van der Waals surface area contributed by atoms with E-state index >= 15 is 0 Å². The molecule has 1 aromatic carbocycles. The van der Waals surface area contributed by atoms with Gasteiger partial charge in [0.2, 0.25) is 11.8 Å². The maximum Gasteiger partial charge on any atom is 0.270 e. The van der Waals surface area contributed by atoms with Crippen molar-refractivity contribution in [3.05, 3.63) is 51.7 Å². The summed E-state index contributed by atoms with van der Waals surface area (Å²) in [5, 5.41) is 15.0. The number of hydrogen-bond acceptors (Lipinski definition) is 8. The second kappa shape index (κ2) is 11.4. The smallest absolute Gasteiger partial charge is 0.270 e. The monoisotopic (exact) mass is 484 g/mol. The van der Waals surface area contributed by atoms with Crippen LogP contribution in [0.2, 0.25) is 0 Å². The van der Waals surface area contributed by atoms with Gasteiger partial charge in [-0.15, -0.1) is 0 Å². The molecule has 11 nitrogen and oxygen atoms in total. The molecule has 2 fully saturated rings. The van der Waals surface area contributed by atoms with Crippen LogP contribution < -0.4 is 0 Å². The molecule has 35 heavy (non-hydrogen) atoms. The quantitative estimate of drug-likeness (QED) is 0.413. The number of nitro groups is 1. The molecule has 1 aliphatic carbocycles. The van der Waals surface area contributed by atoms with Crippen molar-refractivity contribution >= 4 is 17.5 Å². The Kier molecular flexibility index (Phi) is 8.06. The molecule has 0 radical (unpaired) electrons. The minimum Gasteiger partial charge on any atom is -0.343 e. The molecule has 2 heterocycles. The zero-order valence-corrected chi connectivity index (χ0v) is 20.1. The molecule has 0 unspecified atom stereocenters. The summed E-state index contributed by atoms with van der Waals surface area (Å²) >= 11 is 0. The van der Waals surface area contributed by atoms with Gasteiger partial charge in [-0.05, 0) is 18.9 Å². The Balaban J connectivity index is 1.22. The molecule has 1 saturated heterocycles. The standard InChI is InChI=1S/C24H32N6O5/c1-27(19-7-3-2-4-8-19)23(31)11-10-22-25-21(26-35-22)17-28-12-14-29(15-13-28)24(32)18-6-5-9-20(16-18)30(33)34/h5-6,9,16,19H,2-4,7-8,10-15,17H2,1H3. The van der Waals surface area contributed by atoms with E-state index in [0.717, 1.165) is 12.8 Å². The summed E-state index contributed by atoms with van der Waals surface area (Å²) in [6.45, 7) is 2.78. The Morgan fingerprint density at radius 3 is 2.63 bits per heavy atom. The van der Waals surface area contributed by atoms with Gasteiger partial charge in [-0.1, -0.05) is 30.5 Å². The molecular weight excluding hydrogens is 452 g/mol. The van der Waals surface area contributed by atoms with Crippen LogP contribution in [0.1, 0.15) is 60.6 Å². The van der Waals surface area contributed by atoms with E-state index in [0.29, 0.717) is 68.9 Å². The first-order chi connectivity index (χ1) is 16.9. The molecular formula is C24H32N6O5. The van der Waals surface area contributed by atoms with Crippen LogP contribution in [0.25, 0.3) is 0 Å². The summed E-state index contributed by atoms with van der Waals surface area (Å²) in [5.74, 6) is 0.927. The van der Waals surface area contributed by atoms with E-state index in [1.165, 1.54) is 37.5 Å². The number of carbonyl (C=O) groups is 2. The van der Waals surface area contributed by atoms with Gasteiger partial charge in [0.15, 0.2) is 5.82 Å². The van der Waals surface area contributed by atoms with Crippen LogP contribution in [0.5, 0.6) is 0 Å². The highest BCUT2D eigenvalue weighted by atomic mass is 16.6. The van der Waals surface area contributed by atoms with Crippen LogP contribution in [0.3, 0.4) is 0 Å². The van der Waals surface area contributed by atoms with E-state index in [2.05, 4.69) is 15.0 Å². The van der Waals surface area contributed by atoms with Crippen molar-refractivity contribution in [2.24, 2.45) is 0 Å². The number of amides is 2. The first kappa shape index (κ1) is 24.8. The van der Waals surface area contributed by atoms with Crippen molar-refractivity contribution in [1.29, 1.82) is 0 Å². The second-order valence-corrected chi connectivity index (χ2v) is 9.28. The highest BCUT2D eigenvalue weighted by Gasteiger charge is 2.25. The lowest BCUT2D eigenvalue weighted by molar-refractivity contribution is -0.384. The van der Waals surface area contributed by atoms with E-state index in [1.807, 2.05) is 11.9 Å². The van der Waals surface area contributed by atoms with Crippen LogP contribution >= 0.6 is 0 Å². The highest BCUT2D eigenvalue weighted by molar-refractivity contribution is 5.94. The van der Waals surface area contributed by atoms with Crippen molar-refractivity contribution in [1.82, 2.24) is 24.8 Å². The predicted octanol–water partition coefficient (Wildman–Crippen LogP) is 2.66. The number of aromatic nitrogens is 2. The van der Waals surface area contributed by atoms with E-state index < -0.39 is 4.92 Å². The Morgan fingerprint density at radius 1 is 1.17 bits per heavy atom. The summed E-state index contributed by atoms with van der Waals surface area (Å²) in [6.07, 6.45) is 6.57. The number of nitrogens with zero attached hydrogens (tertiary/aromatic N) is 6. The van der Waals surface area contributed by atoms with Gasteiger partial charge in [-0.2, -0.15) is 4.98 Å². The Labute approximate surface area is 204 Å². The maximum atomic E-state index is 12.7. The molecule has 0 bridgehead atoms. The van der Waals surface area contributed by atoms with Gasteiger partial charge in [-0.3, -0.25) is 24.6 Å². The number of non-ortho nitro benzene ring substituents is 1. The Morgan fingerprint density at radius 2 is 1.91 bits per heavy atom. The summed E-state index contributed by atoms with van der Waals surface area (Å²) in [5.41, 5.74) is 0.226. The fraction of sp³-hybridized carbons (Fsp3) is 0.583. The van der Waals surface area contributed by atoms with E-state index in [1.54, 1.807) is 11.0 Å². The maximum absolute atomic E-state index is 12.7. The van der Waals surface area contributed by atoms with Crippen molar-refractivity contribution < 1.29 is 19.0 Å². The minimum atomic E-state index is -0.501. The predicted molar refractivity (Wildman–Crippen MR) is 127 cm³/mol. The third-order valence-corrected chi connectivity index (χ3v) is 6.91. The molecule has 2 aromatic rings. The Hall–Kier alpha value is -3.34. The zero-order chi connectivity index (χ0) is 24.8. The molecule has 0 atom stereocenters. The molecule has 1 aliphatic heterocycles. The van der Waals surface area contributed by atoms with Crippen LogP contribution in [0.4, 0.5) is 5.69 Å². The number of carbonyl (C=O) groups excluding carboxylic acids is 2. The van der Waals surface area contributed by atoms with Crippen molar-refractivity contribution in [3.63, 3.8) is 0 Å². The fourth-order valence-electron chi connectivity index (χ4n) is 4.76. The first-order valence-corrected chi connectivity index (χ1v) is 12.2. The molecule has 2 amide bonds. The van der Waals surface area contributed by atoms with Gasteiger partial charge >= 0.3 is 0 Å². The summed E-state index contributed by atoms with van der Waals surface area (Å²) in [6, 6.07) is 6.15. The zero-order valence-electron chi connectivity index (χ0n) is 20.1. The molecule has 1 saturated carbocycles. The molecule has 0 spiro atoms. The first-order valence-electron chi connectivity index (χ1n) is 12.2. The van der Waals surface area contributed by atoms with Crippen LogP contribution in [0.15, 0.2) is 28.8 Å². The van der Waals surface area contributed by atoms with Crippen molar-refractivity contribution in [2.45, 2.75) is 57.5 Å². The molecule has 188 valence electrons. The largest absolute Gasteiger partial charge is 0.343 e. The van der Waals surface area contributed by atoms with Crippen LogP contribution in [0, 0.1) is 10.1 Å². The van der Waals surface area contributed by atoms with Gasteiger partial charge in [0, 0.05) is 69.8 Å². The van der Waals surface area contributed by atoms with Gasteiger partial charge < -0.3 is 14.3 Å². The van der Waals surface area contributed by atoms with Crippen LogP contribution in [-0.2, 0) is 17.8 Å². The summed E-state index contributed by atoms with van der Waals surface area (Å²) in [7, 11) is 1.89. The van der Waals surface area contributed by atoms with E-state index in [4.69, 9.17) is 4.52 Å². The number of piperazine rings is 1. The lowest BCUT2D eigenvalue weighted by atomic mass is 9.94. The lowest BCUT2D eigenvalue weighted by Gasteiger charge is -2.34. The third kappa shape index (κ3) is 6.41. The van der Waals surface area contributed by atoms with Gasteiger partial charge in [0.05, 0.1) is 11.5 Å². The van der Waals surface area contributed by atoms with Gasteiger partial charge in [0.25, 0.3) is 11.6 Å². The van der Waals surface area contributed by atoms with Crippen LogP contribution in [-0.4, -0.2) is 80.8 Å². The minimum absolute atomic E-state index is 0.0928. The topological polar surface area (TPSA) is 126 Å². The second-order valence-electron chi connectivity index (χ2n) is 9.28. The lowest BCUT2D eigenvalue weighted by Crippen LogP contribution is -2.48. The third-order valence-electron chi connectivity index (χ3n) is 6.91. The summed E-state index contributed by atoms with van der Waals surface area (Å²) in [4.78, 5) is 45.9. The number of nitro benzene ring substituents is 1. The van der Waals surface area contributed by atoms with E-state index in [-0.39, 0.29) is 17.5 Å². The molecule has 11 heteroatoms. The average Bonchev–Trinajstić information content (AvgIpc) is 3.34.